The third-order valence-electron chi connectivity index (χ3n) is 4.89. The monoisotopic (exact) mass is 452 g/mol. The number of fused-ring (bicyclic) bond motifs is 1. The standard InChI is InChI=1S/C21H16N4O4S2/c26-17(23-14-4-1-2-5-15(14)25-7-8-29-21(25)28)10-24-12-22-19-18(20(24)27)13(11-31-19)16-6-3-9-30-16/h1-6,9,11-12H,7-8,10H2,(H,23,26). The number of thiophene rings is 2. The van der Waals surface area contributed by atoms with E-state index in [-0.39, 0.29) is 12.1 Å². The molecule has 0 radical (unpaired) electrons. The van der Waals surface area contributed by atoms with Gasteiger partial charge in [0.1, 0.15) is 18.0 Å². The van der Waals surface area contributed by atoms with E-state index in [1.807, 2.05) is 22.9 Å². The Morgan fingerprint density at radius 3 is 2.81 bits per heavy atom. The molecule has 156 valence electrons. The lowest BCUT2D eigenvalue weighted by Gasteiger charge is -2.17. The van der Waals surface area contributed by atoms with Crippen molar-refractivity contribution in [1.29, 1.82) is 0 Å². The molecule has 0 atom stereocenters. The molecule has 0 saturated carbocycles. The molecule has 3 aromatic heterocycles. The molecule has 4 heterocycles. The molecule has 2 amide bonds. The second-order valence-corrected chi connectivity index (χ2v) is 8.62. The molecule has 1 aromatic carbocycles. The Bertz CT molecular complexity index is 1340. The molecule has 0 aliphatic carbocycles. The number of nitrogens with one attached hydrogen (secondary N) is 1. The third-order valence-corrected chi connectivity index (χ3v) is 6.68. The second kappa shape index (κ2) is 7.97. The summed E-state index contributed by atoms with van der Waals surface area (Å²) in [6.07, 6.45) is 0.939. The minimum atomic E-state index is -0.453. The zero-order valence-electron chi connectivity index (χ0n) is 16.1. The van der Waals surface area contributed by atoms with Gasteiger partial charge < -0.3 is 10.1 Å². The number of rotatable bonds is 5. The number of anilines is 2. The van der Waals surface area contributed by atoms with Crippen molar-refractivity contribution in [2.75, 3.05) is 23.4 Å². The van der Waals surface area contributed by atoms with Crippen molar-refractivity contribution in [3.8, 4) is 10.4 Å². The van der Waals surface area contributed by atoms with Crippen LogP contribution in [-0.2, 0) is 16.1 Å². The van der Waals surface area contributed by atoms with E-state index in [4.69, 9.17) is 4.74 Å². The van der Waals surface area contributed by atoms with Crippen LogP contribution < -0.4 is 15.8 Å². The van der Waals surface area contributed by atoms with Gasteiger partial charge in [0, 0.05) is 15.8 Å². The average molecular weight is 453 g/mol. The van der Waals surface area contributed by atoms with Gasteiger partial charge in [-0.3, -0.25) is 19.1 Å². The van der Waals surface area contributed by atoms with Crippen LogP contribution in [0.2, 0.25) is 0 Å². The highest BCUT2D eigenvalue weighted by Crippen LogP contribution is 2.33. The first kappa shape index (κ1) is 19.5. The van der Waals surface area contributed by atoms with E-state index in [9.17, 15) is 14.4 Å². The molecular weight excluding hydrogens is 436 g/mol. The van der Waals surface area contributed by atoms with E-state index in [0.29, 0.717) is 34.7 Å². The Balaban J connectivity index is 1.42. The number of para-hydroxylation sites is 2. The predicted octanol–water partition coefficient (Wildman–Crippen LogP) is 3.78. The maximum atomic E-state index is 13.1. The highest BCUT2D eigenvalue weighted by molar-refractivity contribution is 7.18. The third kappa shape index (κ3) is 3.60. The van der Waals surface area contributed by atoms with Crippen LogP contribution >= 0.6 is 22.7 Å². The molecule has 0 spiro atoms. The summed E-state index contributed by atoms with van der Waals surface area (Å²) >= 11 is 2.95. The summed E-state index contributed by atoms with van der Waals surface area (Å²) in [6, 6.07) is 10.9. The van der Waals surface area contributed by atoms with Crippen molar-refractivity contribution < 1.29 is 14.3 Å². The van der Waals surface area contributed by atoms with Crippen LogP contribution in [0.25, 0.3) is 20.7 Å². The Labute approximate surface area is 184 Å². The minimum Gasteiger partial charge on any atom is -0.447 e. The van der Waals surface area contributed by atoms with Crippen LogP contribution in [0.1, 0.15) is 0 Å². The van der Waals surface area contributed by atoms with Gasteiger partial charge in [-0.1, -0.05) is 18.2 Å². The number of hydrogen-bond donors (Lipinski definition) is 1. The first-order valence-corrected chi connectivity index (χ1v) is 11.2. The van der Waals surface area contributed by atoms with Crippen molar-refractivity contribution in [3.05, 3.63) is 63.8 Å². The van der Waals surface area contributed by atoms with Crippen LogP contribution in [0, 0.1) is 0 Å². The normalized spacial score (nSPS) is 13.5. The van der Waals surface area contributed by atoms with Gasteiger partial charge in [-0.15, -0.1) is 22.7 Å². The van der Waals surface area contributed by atoms with Gasteiger partial charge in [-0.25, -0.2) is 9.78 Å². The Morgan fingerprint density at radius 1 is 1.16 bits per heavy atom. The molecular formula is C21H16N4O4S2. The fourth-order valence-corrected chi connectivity index (χ4v) is 5.19. The number of aromatic nitrogens is 2. The molecule has 8 nitrogen and oxygen atoms in total. The Hall–Kier alpha value is -3.50. The second-order valence-electron chi connectivity index (χ2n) is 6.82. The van der Waals surface area contributed by atoms with Crippen molar-refractivity contribution in [3.63, 3.8) is 0 Å². The molecule has 10 heteroatoms. The van der Waals surface area contributed by atoms with Gasteiger partial charge in [0.05, 0.1) is 29.6 Å². The fourth-order valence-electron chi connectivity index (χ4n) is 3.46. The maximum absolute atomic E-state index is 13.1. The zero-order valence-corrected chi connectivity index (χ0v) is 17.7. The van der Waals surface area contributed by atoms with Gasteiger partial charge in [0.15, 0.2) is 0 Å². The fraction of sp³-hybridized carbons (Fsp3) is 0.143. The van der Waals surface area contributed by atoms with E-state index in [2.05, 4.69) is 10.3 Å². The van der Waals surface area contributed by atoms with Crippen molar-refractivity contribution >= 4 is 56.3 Å². The number of benzene rings is 1. The van der Waals surface area contributed by atoms with Gasteiger partial charge in [0.2, 0.25) is 5.91 Å². The highest BCUT2D eigenvalue weighted by Gasteiger charge is 2.26. The maximum Gasteiger partial charge on any atom is 0.414 e. The van der Waals surface area contributed by atoms with Gasteiger partial charge in [-0.05, 0) is 23.6 Å². The van der Waals surface area contributed by atoms with Gasteiger partial charge in [0.25, 0.3) is 5.56 Å². The van der Waals surface area contributed by atoms with E-state index >= 15 is 0 Å². The summed E-state index contributed by atoms with van der Waals surface area (Å²) in [7, 11) is 0. The van der Waals surface area contributed by atoms with E-state index in [1.54, 1.807) is 35.6 Å². The minimum absolute atomic E-state index is 0.194. The van der Waals surface area contributed by atoms with Crippen LogP contribution in [0.5, 0.6) is 0 Å². The number of carbonyl (C=O) groups excluding carboxylic acids is 2. The predicted molar refractivity (Wildman–Crippen MR) is 121 cm³/mol. The first-order chi connectivity index (χ1) is 15.1. The molecule has 1 fully saturated rings. The van der Waals surface area contributed by atoms with Crippen molar-refractivity contribution in [2.45, 2.75) is 6.54 Å². The van der Waals surface area contributed by atoms with E-state index in [0.717, 1.165) is 10.4 Å². The molecule has 1 saturated heterocycles. The summed E-state index contributed by atoms with van der Waals surface area (Å²) in [5.74, 6) is -0.392. The number of ether oxygens (including phenoxy) is 1. The smallest absolute Gasteiger partial charge is 0.414 e. The molecule has 1 aliphatic heterocycles. The summed E-state index contributed by atoms with van der Waals surface area (Å²) < 4.78 is 6.29. The molecule has 0 unspecified atom stereocenters. The van der Waals surface area contributed by atoms with Crippen LogP contribution in [0.4, 0.5) is 16.2 Å². The molecule has 5 rings (SSSR count). The van der Waals surface area contributed by atoms with E-state index in [1.165, 1.54) is 27.1 Å². The summed E-state index contributed by atoms with van der Waals surface area (Å²) in [4.78, 5) is 45.2. The molecule has 0 bridgehead atoms. The van der Waals surface area contributed by atoms with Gasteiger partial charge >= 0.3 is 6.09 Å². The lowest BCUT2D eigenvalue weighted by molar-refractivity contribution is -0.116. The zero-order chi connectivity index (χ0) is 21.4. The largest absolute Gasteiger partial charge is 0.447 e. The quantitative estimate of drug-likeness (QED) is 0.497. The number of cyclic esters (lactones) is 1. The van der Waals surface area contributed by atoms with Crippen molar-refractivity contribution in [2.24, 2.45) is 0 Å². The Morgan fingerprint density at radius 2 is 2.03 bits per heavy atom. The lowest BCUT2D eigenvalue weighted by atomic mass is 10.2. The van der Waals surface area contributed by atoms with Crippen LogP contribution in [0.3, 0.4) is 0 Å². The van der Waals surface area contributed by atoms with Gasteiger partial charge in [-0.2, -0.15) is 0 Å². The Kier molecular flexibility index (Phi) is 5.00. The lowest BCUT2D eigenvalue weighted by Crippen LogP contribution is -2.29. The SMILES string of the molecule is O=C(Cn1cnc2scc(-c3cccs3)c2c1=O)Nc1ccccc1N1CCOC1=O. The number of amides is 2. The molecule has 31 heavy (non-hydrogen) atoms. The first-order valence-electron chi connectivity index (χ1n) is 9.45. The number of nitrogens with zero attached hydrogens (tertiary/aromatic N) is 3. The summed E-state index contributed by atoms with van der Waals surface area (Å²) in [5, 5.41) is 7.18. The summed E-state index contributed by atoms with van der Waals surface area (Å²) in [5.41, 5.74) is 1.60. The molecule has 1 aliphatic rings. The van der Waals surface area contributed by atoms with Crippen molar-refractivity contribution in [1.82, 2.24) is 9.55 Å². The van der Waals surface area contributed by atoms with E-state index < -0.39 is 12.0 Å². The molecule has 4 aromatic rings. The topological polar surface area (TPSA) is 93.5 Å². The number of carbonyl (C=O) groups is 2. The van der Waals surface area contributed by atoms with Crippen LogP contribution in [-0.4, -0.2) is 34.7 Å². The highest BCUT2D eigenvalue weighted by atomic mass is 32.1. The average Bonchev–Trinajstić information content (AvgIpc) is 3.51. The van der Waals surface area contributed by atoms with Crippen LogP contribution in [0.15, 0.2) is 58.3 Å². The number of hydrogen-bond acceptors (Lipinski definition) is 7. The molecule has 1 N–H and O–H groups in total. The summed E-state index contributed by atoms with van der Waals surface area (Å²) in [6.45, 7) is 0.519.